The molecule has 1 saturated carbocycles. The Morgan fingerprint density at radius 1 is 1.15 bits per heavy atom. The molecule has 4 aromatic rings. The van der Waals surface area contributed by atoms with Gasteiger partial charge < -0.3 is 25.3 Å². The zero-order chi connectivity index (χ0) is 24.3. The molecule has 10 heteroatoms. The molecule has 0 bridgehead atoms. The Kier molecular flexibility index (Phi) is 4.89. The molecule has 1 amide bonds. The minimum atomic E-state index is -1.49. The van der Waals surface area contributed by atoms with E-state index in [2.05, 4.69) is 5.32 Å². The molecule has 1 aliphatic rings. The van der Waals surface area contributed by atoms with E-state index in [9.17, 15) is 19.5 Å². The third kappa shape index (κ3) is 3.38. The fraction of sp³-hybridized carbons (Fsp3) is 0.208. The van der Waals surface area contributed by atoms with Crippen molar-refractivity contribution in [3.8, 4) is 5.69 Å². The first-order valence-electron chi connectivity index (χ1n) is 10.6. The fourth-order valence-electron chi connectivity index (χ4n) is 4.23. The van der Waals surface area contributed by atoms with E-state index in [4.69, 9.17) is 5.73 Å². The first-order chi connectivity index (χ1) is 16.2. The topological polar surface area (TPSA) is 119 Å². The van der Waals surface area contributed by atoms with E-state index in [1.54, 1.807) is 18.2 Å². The second-order valence-electron chi connectivity index (χ2n) is 8.47. The van der Waals surface area contributed by atoms with Crippen LogP contribution in [0.5, 0.6) is 0 Å². The summed E-state index contributed by atoms with van der Waals surface area (Å²) in [4.78, 5) is 35.5. The van der Waals surface area contributed by atoms with Crippen molar-refractivity contribution in [3.63, 3.8) is 0 Å². The number of aromatic nitrogens is 2. The number of halogens is 2. The highest BCUT2D eigenvalue weighted by Gasteiger charge is 2.32. The third-order valence-electron chi connectivity index (χ3n) is 6.04. The minimum Gasteiger partial charge on any atom is -0.477 e. The number of nitrogens with one attached hydrogen (secondary N) is 1. The van der Waals surface area contributed by atoms with E-state index in [1.165, 1.54) is 28.5 Å². The van der Waals surface area contributed by atoms with Crippen molar-refractivity contribution in [2.45, 2.75) is 32.4 Å². The zero-order valence-corrected chi connectivity index (χ0v) is 18.1. The lowest BCUT2D eigenvalue weighted by molar-refractivity contribution is -0.119. The average Bonchev–Trinajstić information content (AvgIpc) is 3.54. The van der Waals surface area contributed by atoms with Crippen LogP contribution in [0.25, 0.3) is 27.4 Å². The largest absolute Gasteiger partial charge is 0.477 e. The maximum Gasteiger partial charge on any atom is 0.341 e. The van der Waals surface area contributed by atoms with Gasteiger partial charge in [-0.25, -0.2) is 13.6 Å². The number of fused-ring (bicyclic) bond motifs is 2. The summed E-state index contributed by atoms with van der Waals surface area (Å²) in [6.07, 6.45) is 5.52. The van der Waals surface area contributed by atoms with Gasteiger partial charge in [0.2, 0.25) is 11.3 Å². The third-order valence-corrected chi connectivity index (χ3v) is 6.04. The lowest BCUT2D eigenvalue weighted by Crippen LogP contribution is -2.22. The maximum atomic E-state index is 15.9. The van der Waals surface area contributed by atoms with Crippen LogP contribution >= 0.6 is 0 Å². The summed E-state index contributed by atoms with van der Waals surface area (Å²) in [6, 6.07) is 5.15. The van der Waals surface area contributed by atoms with E-state index < -0.39 is 45.4 Å². The van der Waals surface area contributed by atoms with E-state index in [1.807, 2.05) is 0 Å². The molecule has 0 unspecified atom stereocenters. The number of hydrogen-bond acceptors (Lipinski definition) is 4. The highest BCUT2D eigenvalue weighted by Crippen LogP contribution is 2.40. The van der Waals surface area contributed by atoms with E-state index >= 15 is 8.78 Å². The number of pyridine rings is 1. The van der Waals surface area contributed by atoms with Gasteiger partial charge in [-0.2, -0.15) is 0 Å². The molecule has 34 heavy (non-hydrogen) atoms. The van der Waals surface area contributed by atoms with Crippen LogP contribution < -0.4 is 16.5 Å². The Hall–Kier alpha value is -4.21. The minimum absolute atomic E-state index is 0.179. The highest BCUT2D eigenvalue weighted by atomic mass is 19.1. The van der Waals surface area contributed by atoms with Gasteiger partial charge in [-0.15, -0.1) is 0 Å². The Morgan fingerprint density at radius 3 is 2.50 bits per heavy atom. The number of rotatable bonds is 5. The number of carbonyl (C=O) groups excluding carboxylic acids is 1. The fourth-order valence-corrected chi connectivity index (χ4v) is 4.23. The zero-order valence-electron chi connectivity index (χ0n) is 18.1. The number of hydrogen-bond donors (Lipinski definition) is 3. The first kappa shape index (κ1) is 21.6. The molecular weight excluding hydrogens is 446 g/mol. The lowest BCUT2D eigenvalue weighted by Gasteiger charge is -2.17. The van der Waals surface area contributed by atoms with Crippen LogP contribution in [0.1, 0.15) is 41.7 Å². The molecule has 1 fully saturated rings. The number of carboxylic acids is 1. The van der Waals surface area contributed by atoms with Gasteiger partial charge in [-0.1, -0.05) is 12.1 Å². The summed E-state index contributed by atoms with van der Waals surface area (Å²) in [5, 5.41) is 13.0. The molecule has 1 aliphatic carbocycles. The SMILES string of the molecule is CC(=O)NCc1ccc2cn(-c3c(F)c(N)c4c(=O)c(C(=O)O)cn(C5CC5)c4c3F)cc2c1. The average molecular weight is 466 g/mol. The number of nitrogen functional groups attached to an aromatic ring is 1. The number of benzene rings is 2. The van der Waals surface area contributed by atoms with Crippen molar-refractivity contribution in [2.24, 2.45) is 0 Å². The molecule has 0 saturated heterocycles. The number of amides is 1. The standard InChI is InChI=1S/C24H20F2N4O4/c1-11(31)28-7-12-2-3-13-8-29(9-14(13)6-12)22-18(25)20(27)17-21(19(22)26)30(15-4-5-15)10-16(23(17)32)24(33)34/h2-3,6,8-10,15H,4-5,7,27H2,1H3,(H,28,31)(H,33,34). The number of aromatic carboxylic acids is 1. The molecule has 2 aromatic carbocycles. The summed E-state index contributed by atoms with van der Waals surface area (Å²) in [7, 11) is 0. The number of carboxylic acid groups (broad SMARTS) is 1. The van der Waals surface area contributed by atoms with Crippen LogP contribution in [0.3, 0.4) is 0 Å². The van der Waals surface area contributed by atoms with Gasteiger partial charge in [0.25, 0.3) is 0 Å². The van der Waals surface area contributed by atoms with E-state index in [-0.39, 0.29) is 17.5 Å². The molecule has 0 spiro atoms. The molecule has 5 rings (SSSR count). The maximum absolute atomic E-state index is 15.9. The van der Waals surface area contributed by atoms with Crippen molar-refractivity contribution in [2.75, 3.05) is 5.73 Å². The van der Waals surface area contributed by atoms with Gasteiger partial charge >= 0.3 is 5.97 Å². The molecule has 0 aliphatic heterocycles. The van der Waals surface area contributed by atoms with Crippen molar-refractivity contribution < 1.29 is 23.5 Å². The number of nitrogens with two attached hydrogens (primary N) is 1. The molecule has 2 heterocycles. The lowest BCUT2D eigenvalue weighted by atomic mass is 10.1. The summed E-state index contributed by atoms with van der Waals surface area (Å²) in [6.45, 7) is 1.72. The van der Waals surface area contributed by atoms with Gasteiger partial charge in [0.05, 0.1) is 16.6 Å². The normalized spacial score (nSPS) is 13.5. The molecule has 8 nitrogen and oxygen atoms in total. The second kappa shape index (κ2) is 7.68. The number of nitrogens with zero attached hydrogens (tertiary/aromatic N) is 2. The van der Waals surface area contributed by atoms with E-state index in [0.717, 1.165) is 11.8 Å². The van der Waals surface area contributed by atoms with Crippen LogP contribution in [-0.2, 0) is 11.3 Å². The quantitative estimate of drug-likeness (QED) is 0.389. The van der Waals surface area contributed by atoms with Crippen LogP contribution in [0.15, 0.2) is 41.6 Å². The predicted octanol–water partition coefficient (Wildman–Crippen LogP) is 3.48. The number of carbonyl (C=O) groups is 2. The molecule has 0 radical (unpaired) electrons. The Bertz CT molecular complexity index is 1580. The summed E-state index contributed by atoms with van der Waals surface area (Å²) < 4.78 is 34.0. The predicted molar refractivity (Wildman–Crippen MR) is 122 cm³/mol. The molecule has 174 valence electrons. The summed E-state index contributed by atoms with van der Waals surface area (Å²) >= 11 is 0. The second-order valence-corrected chi connectivity index (χ2v) is 8.47. The Labute approximate surface area is 191 Å². The molecule has 4 N–H and O–H groups in total. The monoisotopic (exact) mass is 466 g/mol. The number of anilines is 1. The molecular formula is C24H20F2N4O4. The van der Waals surface area contributed by atoms with E-state index in [0.29, 0.717) is 30.2 Å². The van der Waals surface area contributed by atoms with Gasteiger partial charge in [-0.3, -0.25) is 9.59 Å². The Morgan fingerprint density at radius 2 is 1.85 bits per heavy atom. The molecule has 0 atom stereocenters. The summed E-state index contributed by atoms with van der Waals surface area (Å²) in [5.74, 6) is -3.81. The van der Waals surface area contributed by atoms with Crippen LogP contribution in [0, 0.1) is 11.6 Å². The van der Waals surface area contributed by atoms with Crippen molar-refractivity contribution >= 4 is 39.2 Å². The van der Waals surface area contributed by atoms with Gasteiger partial charge in [0.15, 0.2) is 11.6 Å². The van der Waals surface area contributed by atoms with Crippen LogP contribution in [-0.4, -0.2) is 26.1 Å². The van der Waals surface area contributed by atoms with Gasteiger partial charge in [0.1, 0.15) is 11.3 Å². The van der Waals surface area contributed by atoms with Crippen LogP contribution in [0.4, 0.5) is 14.5 Å². The van der Waals surface area contributed by atoms with Gasteiger partial charge in [-0.05, 0) is 29.9 Å². The van der Waals surface area contributed by atoms with Gasteiger partial charge in [0, 0.05) is 43.5 Å². The Balaban J connectivity index is 1.75. The van der Waals surface area contributed by atoms with Crippen molar-refractivity contribution in [3.05, 3.63) is 69.8 Å². The molecule has 2 aromatic heterocycles. The first-order valence-corrected chi connectivity index (χ1v) is 10.6. The summed E-state index contributed by atoms with van der Waals surface area (Å²) in [5.41, 5.74) is 3.90. The highest BCUT2D eigenvalue weighted by molar-refractivity contribution is 5.99. The van der Waals surface area contributed by atoms with Crippen LogP contribution in [0.2, 0.25) is 0 Å². The smallest absolute Gasteiger partial charge is 0.341 e. The van der Waals surface area contributed by atoms with Crippen molar-refractivity contribution in [1.29, 1.82) is 0 Å². The van der Waals surface area contributed by atoms with Crippen molar-refractivity contribution in [1.82, 2.24) is 14.5 Å².